The third-order valence-electron chi connectivity index (χ3n) is 0.751. The molecule has 0 unspecified atom stereocenters. The molecule has 0 bridgehead atoms. The predicted molar refractivity (Wildman–Crippen MR) is 38.4 cm³/mol. The van der Waals surface area contributed by atoms with Gasteiger partial charge in [-0.15, -0.1) is 0 Å². The molecule has 0 saturated carbocycles. The zero-order valence-electron chi connectivity index (χ0n) is 5.81. The van der Waals surface area contributed by atoms with Crippen molar-refractivity contribution in [2.24, 2.45) is 0 Å². The van der Waals surface area contributed by atoms with E-state index in [0.29, 0.717) is 0 Å². The fourth-order valence-corrected chi connectivity index (χ4v) is 0.376. The Labute approximate surface area is 61.5 Å². The number of methoxy groups -OCH3 is 1. The fourth-order valence-electron chi connectivity index (χ4n) is 0.376. The third-order valence-corrected chi connectivity index (χ3v) is 0.751. The molecule has 0 aliphatic rings. The number of nitrogens with one attached hydrogen (secondary N) is 1. The summed E-state index contributed by atoms with van der Waals surface area (Å²) in [4.78, 5) is 10.6. The number of rotatable bonds is 3. The first-order valence-corrected chi connectivity index (χ1v) is 2.75. The van der Waals surface area contributed by atoms with Crippen LogP contribution in [-0.2, 0) is 9.53 Å². The normalized spacial score (nSPS) is 7.70. The Morgan fingerprint density at radius 1 is 1.80 bits per heavy atom. The molecule has 0 atom stereocenters. The second-order valence-corrected chi connectivity index (χ2v) is 1.53. The molecule has 0 aromatic rings. The van der Waals surface area contributed by atoms with Crippen molar-refractivity contribution in [1.82, 2.24) is 5.32 Å². The van der Waals surface area contributed by atoms with Gasteiger partial charge in [0.2, 0.25) is 5.91 Å². The van der Waals surface area contributed by atoms with Crippen molar-refractivity contribution < 1.29 is 9.53 Å². The lowest BCUT2D eigenvalue weighted by atomic mass is 10.2. The maximum atomic E-state index is 10.6. The molecule has 0 heterocycles. The number of carbonyl (C=O) groups excluding carboxylic acids is 1. The van der Waals surface area contributed by atoms with Gasteiger partial charge in [0.15, 0.2) is 7.85 Å². The number of hydrogen-bond acceptors (Lipinski definition) is 2. The largest absolute Gasteiger partial charge is 0.375 e. The van der Waals surface area contributed by atoms with Crippen molar-refractivity contribution in [3.63, 3.8) is 0 Å². The van der Waals surface area contributed by atoms with Crippen molar-refractivity contribution in [3.05, 3.63) is 0 Å². The zero-order valence-corrected chi connectivity index (χ0v) is 5.81. The van der Waals surface area contributed by atoms with Crippen molar-refractivity contribution in [1.29, 1.82) is 0 Å². The fraction of sp³-hybridized carbons (Fsp3) is 0.500. The first-order valence-electron chi connectivity index (χ1n) is 2.75. The van der Waals surface area contributed by atoms with Gasteiger partial charge in [0, 0.05) is 7.11 Å². The molecule has 2 radical (unpaired) electrons. The van der Waals surface area contributed by atoms with E-state index in [1.54, 1.807) is 0 Å². The van der Waals surface area contributed by atoms with E-state index in [1.807, 2.05) is 0 Å². The third kappa shape index (κ3) is 5.20. The SMILES string of the molecule is [B]C#CCNC(=O)COC. The second kappa shape index (κ2) is 6.18. The molecule has 0 aromatic heterocycles. The molecule has 0 aromatic carbocycles. The summed E-state index contributed by atoms with van der Waals surface area (Å²) in [6.45, 7) is 0.338. The minimum absolute atomic E-state index is 0.0618. The van der Waals surface area contributed by atoms with Crippen LogP contribution < -0.4 is 5.32 Å². The second-order valence-electron chi connectivity index (χ2n) is 1.53. The summed E-state index contributed by atoms with van der Waals surface area (Å²) in [6, 6.07) is 0. The summed E-state index contributed by atoms with van der Waals surface area (Å²) in [7, 11) is 6.30. The average molecular weight is 137 g/mol. The van der Waals surface area contributed by atoms with Crippen LogP contribution in [0.1, 0.15) is 0 Å². The van der Waals surface area contributed by atoms with Gasteiger partial charge in [-0.25, -0.2) is 0 Å². The molecule has 0 rings (SSSR count). The van der Waals surface area contributed by atoms with Gasteiger partial charge in [-0.1, -0.05) is 5.92 Å². The maximum absolute atomic E-state index is 10.6. The van der Waals surface area contributed by atoms with Gasteiger partial charge in [-0.05, 0) is 0 Å². The van der Waals surface area contributed by atoms with Crippen LogP contribution in [0, 0.1) is 11.7 Å². The number of amides is 1. The van der Waals surface area contributed by atoms with E-state index in [1.165, 1.54) is 7.11 Å². The molecule has 0 aliphatic carbocycles. The Morgan fingerprint density at radius 3 is 3.00 bits per heavy atom. The molecule has 4 heteroatoms. The van der Waals surface area contributed by atoms with Crippen LogP contribution in [0.15, 0.2) is 0 Å². The minimum Gasteiger partial charge on any atom is -0.375 e. The first kappa shape index (κ1) is 9.05. The molecule has 0 aliphatic heterocycles. The van der Waals surface area contributed by atoms with E-state index in [0.717, 1.165) is 0 Å². The smallest absolute Gasteiger partial charge is 0.246 e. The topological polar surface area (TPSA) is 38.3 Å². The Bertz CT molecular complexity index is 159. The number of ether oxygens (including phenoxy) is 1. The van der Waals surface area contributed by atoms with Gasteiger partial charge in [0.05, 0.1) is 6.54 Å². The lowest BCUT2D eigenvalue weighted by Crippen LogP contribution is -2.27. The Kier molecular flexibility index (Phi) is 5.60. The highest BCUT2D eigenvalue weighted by Crippen LogP contribution is 1.66. The van der Waals surface area contributed by atoms with Gasteiger partial charge in [0.1, 0.15) is 6.61 Å². The minimum atomic E-state index is -0.190. The molecular weight excluding hydrogens is 129 g/mol. The highest BCUT2D eigenvalue weighted by molar-refractivity contribution is 6.22. The van der Waals surface area contributed by atoms with Gasteiger partial charge < -0.3 is 10.1 Å². The predicted octanol–water partition coefficient (Wildman–Crippen LogP) is -1.12. The molecular formula is C6H8BNO2. The van der Waals surface area contributed by atoms with Crippen molar-refractivity contribution >= 4 is 13.8 Å². The molecule has 0 spiro atoms. The van der Waals surface area contributed by atoms with Gasteiger partial charge in [0.25, 0.3) is 0 Å². The van der Waals surface area contributed by atoms with Crippen LogP contribution >= 0.6 is 0 Å². The van der Waals surface area contributed by atoms with Crippen LogP contribution in [0.4, 0.5) is 0 Å². The van der Waals surface area contributed by atoms with Crippen LogP contribution in [0.2, 0.25) is 0 Å². The Morgan fingerprint density at radius 2 is 2.50 bits per heavy atom. The Balaban J connectivity index is 3.27. The summed E-state index contributed by atoms with van der Waals surface area (Å²) in [6.07, 6.45) is 0. The van der Waals surface area contributed by atoms with Crippen molar-refractivity contribution in [2.75, 3.05) is 20.3 Å². The highest BCUT2D eigenvalue weighted by Gasteiger charge is 1.94. The van der Waals surface area contributed by atoms with Gasteiger partial charge in [-0.2, -0.15) is 5.82 Å². The first-order chi connectivity index (χ1) is 4.81. The highest BCUT2D eigenvalue weighted by atomic mass is 16.5. The van der Waals surface area contributed by atoms with Crippen molar-refractivity contribution in [2.45, 2.75) is 0 Å². The van der Waals surface area contributed by atoms with Crippen LogP contribution in [0.3, 0.4) is 0 Å². The standard InChI is InChI=1S/C6H8BNO2/c1-10-5-6(9)8-4-2-3-7/h4-5H2,1H3,(H,8,9). The lowest BCUT2D eigenvalue weighted by Gasteiger charge is -1.97. The lowest BCUT2D eigenvalue weighted by molar-refractivity contribution is -0.124. The van der Waals surface area contributed by atoms with E-state index in [-0.39, 0.29) is 19.1 Å². The molecule has 1 N–H and O–H groups in total. The summed E-state index contributed by atoms with van der Waals surface area (Å²) in [5.41, 5.74) is 0. The van der Waals surface area contributed by atoms with E-state index >= 15 is 0 Å². The van der Waals surface area contributed by atoms with Crippen LogP contribution in [-0.4, -0.2) is 34.0 Å². The van der Waals surface area contributed by atoms with Crippen LogP contribution in [0.5, 0.6) is 0 Å². The number of carbonyl (C=O) groups is 1. The quantitative estimate of drug-likeness (QED) is 0.395. The molecule has 52 valence electrons. The molecule has 0 fully saturated rings. The molecule has 10 heavy (non-hydrogen) atoms. The molecule has 1 amide bonds. The summed E-state index contributed by atoms with van der Waals surface area (Å²) < 4.78 is 4.54. The van der Waals surface area contributed by atoms with E-state index in [2.05, 4.69) is 21.8 Å². The van der Waals surface area contributed by atoms with Crippen LogP contribution in [0.25, 0.3) is 0 Å². The summed E-state index contributed by atoms with van der Waals surface area (Å²) in [5.74, 6) is 4.45. The monoisotopic (exact) mass is 137 g/mol. The van der Waals surface area contributed by atoms with E-state index < -0.39 is 0 Å². The van der Waals surface area contributed by atoms with E-state index in [9.17, 15) is 4.79 Å². The van der Waals surface area contributed by atoms with Gasteiger partial charge in [-0.3, -0.25) is 4.79 Å². The molecule has 3 nitrogen and oxygen atoms in total. The Hall–Kier alpha value is -0.945. The zero-order chi connectivity index (χ0) is 7.82. The maximum Gasteiger partial charge on any atom is 0.246 e. The van der Waals surface area contributed by atoms with E-state index in [4.69, 9.17) is 7.85 Å². The number of hydrogen-bond donors (Lipinski definition) is 1. The molecule has 0 saturated heterocycles. The van der Waals surface area contributed by atoms with Crippen molar-refractivity contribution in [3.8, 4) is 11.7 Å². The van der Waals surface area contributed by atoms with Gasteiger partial charge >= 0.3 is 0 Å². The summed E-state index contributed by atoms with van der Waals surface area (Å²) >= 11 is 0. The average Bonchev–Trinajstić information content (AvgIpc) is 1.89. The summed E-state index contributed by atoms with van der Waals surface area (Å²) in [5, 5.41) is 2.47.